The van der Waals surface area contributed by atoms with Crippen LogP contribution >= 0.6 is 35.6 Å². The molecule has 0 aliphatic carbocycles. The predicted octanol–water partition coefficient (Wildman–Crippen LogP) is 2.98. The van der Waals surface area contributed by atoms with Crippen molar-refractivity contribution in [1.82, 2.24) is 15.5 Å². The molecule has 30 heavy (non-hydrogen) atoms. The molecule has 9 heteroatoms. The quantitative estimate of drug-likeness (QED) is 0.203. The summed E-state index contributed by atoms with van der Waals surface area (Å²) in [6.45, 7) is 10.3. The van der Waals surface area contributed by atoms with Gasteiger partial charge in [-0.15, -0.1) is 24.0 Å². The van der Waals surface area contributed by atoms with Crippen molar-refractivity contribution in [1.29, 1.82) is 0 Å². The third kappa shape index (κ3) is 9.70. The maximum atomic E-state index is 12.6. The maximum absolute atomic E-state index is 12.6. The summed E-state index contributed by atoms with van der Waals surface area (Å²) >= 11 is 5.96. The first-order valence-electron chi connectivity index (χ1n) is 10.5. The predicted molar refractivity (Wildman–Crippen MR) is 135 cm³/mol. The van der Waals surface area contributed by atoms with Crippen molar-refractivity contribution in [3.63, 3.8) is 0 Å². The largest absolute Gasteiger partial charge is 0.382 e. The number of anilines is 1. The number of ether oxygens (including phenoxy) is 1. The Bertz CT molecular complexity index is 637. The number of nitrogens with zero attached hydrogens (tertiary/aromatic N) is 3. The van der Waals surface area contributed by atoms with Gasteiger partial charge < -0.3 is 25.2 Å². The summed E-state index contributed by atoms with van der Waals surface area (Å²) in [4.78, 5) is 21.2. The Morgan fingerprint density at radius 3 is 2.43 bits per heavy atom. The lowest BCUT2D eigenvalue weighted by molar-refractivity contribution is -0.129. The first-order chi connectivity index (χ1) is 14.1. The van der Waals surface area contributed by atoms with Crippen LogP contribution in [0.4, 0.5) is 5.69 Å². The number of rotatable bonds is 10. The van der Waals surface area contributed by atoms with Gasteiger partial charge in [0.2, 0.25) is 5.91 Å². The van der Waals surface area contributed by atoms with E-state index in [9.17, 15) is 4.79 Å². The van der Waals surface area contributed by atoms with Gasteiger partial charge in [0.25, 0.3) is 0 Å². The summed E-state index contributed by atoms with van der Waals surface area (Å²) in [6.07, 6.45) is 2.02. The number of benzene rings is 1. The zero-order valence-corrected chi connectivity index (χ0v) is 21.1. The van der Waals surface area contributed by atoms with Gasteiger partial charge in [0.15, 0.2) is 5.96 Å². The average Bonchev–Trinajstić information content (AvgIpc) is 2.75. The first kappa shape index (κ1) is 26.8. The zero-order valence-electron chi connectivity index (χ0n) is 18.0. The Hall–Kier alpha value is -1.26. The van der Waals surface area contributed by atoms with Gasteiger partial charge in [0.1, 0.15) is 6.54 Å². The van der Waals surface area contributed by atoms with Crippen LogP contribution in [0.2, 0.25) is 5.02 Å². The third-order valence-corrected chi connectivity index (χ3v) is 5.00. The van der Waals surface area contributed by atoms with Gasteiger partial charge in [0.05, 0.1) is 0 Å². The molecule has 0 bridgehead atoms. The molecule has 0 unspecified atom stereocenters. The number of unbranched alkanes of at least 4 members (excludes halogenated alkanes) is 1. The van der Waals surface area contributed by atoms with E-state index in [0.29, 0.717) is 19.0 Å². The molecule has 1 aromatic rings. The van der Waals surface area contributed by atoms with Crippen LogP contribution in [0, 0.1) is 0 Å². The highest BCUT2D eigenvalue weighted by atomic mass is 127. The Morgan fingerprint density at radius 2 is 1.80 bits per heavy atom. The fourth-order valence-electron chi connectivity index (χ4n) is 3.13. The lowest BCUT2D eigenvalue weighted by atomic mass is 10.2. The summed E-state index contributed by atoms with van der Waals surface area (Å²) in [7, 11) is 0. The number of amides is 1. The van der Waals surface area contributed by atoms with E-state index in [2.05, 4.69) is 20.5 Å². The van der Waals surface area contributed by atoms with E-state index in [1.807, 2.05) is 43.0 Å². The lowest BCUT2D eigenvalue weighted by Crippen LogP contribution is -2.49. The number of nitrogens with one attached hydrogen (secondary N) is 2. The summed E-state index contributed by atoms with van der Waals surface area (Å²) in [5.74, 6) is 0.756. The summed E-state index contributed by atoms with van der Waals surface area (Å²) in [5.41, 5.74) is 1.14. The summed E-state index contributed by atoms with van der Waals surface area (Å²) in [6, 6.07) is 7.84. The van der Waals surface area contributed by atoms with E-state index in [4.69, 9.17) is 16.3 Å². The molecule has 1 heterocycles. The molecule has 1 aromatic carbocycles. The van der Waals surface area contributed by atoms with Gasteiger partial charge in [0, 0.05) is 63.2 Å². The van der Waals surface area contributed by atoms with E-state index < -0.39 is 0 Å². The molecule has 0 spiro atoms. The normalized spacial score (nSPS) is 14.3. The van der Waals surface area contributed by atoms with Gasteiger partial charge in [-0.3, -0.25) is 4.79 Å². The van der Waals surface area contributed by atoms with Crippen molar-refractivity contribution in [2.24, 2.45) is 4.99 Å². The number of carbonyl (C=O) groups is 1. The molecule has 0 saturated carbocycles. The number of piperazine rings is 1. The molecule has 1 fully saturated rings. The van der Waals surface area contributed by atoms with Crippen molar-refractivity contribution >= 4 is 53.1 Å². The standard InChI is InChI=1S/C21H34ClN5O2.HI/c1-3-23-21(24-11-5-6-16-29-4-2)25-17-20(28)27-14-12-26(13-15-27)19-9-7-18(22)8-10-19;/h7-10H,3-6,11-17H2,1-2H3,(H2,23,24,25);1H. The van der Waals surface area contributed by atoms with Gasteiger partial charge in [-0.25, -0.2) is 4.99 Å². The molecule has 0 atom stereocenters. The van der Waals surface area contributed by atoms with Crippen molar-refractivity contribution < 1.29 is 9.53 Å². The number of aliphatic imine (C=N–C) groups is 1. The molecular weight excluding hydrogens is 517 g/mol. The highest BCUT2D eigenvalue weighted by Gasteiger charge is 2.21. The van der Waals surface area contributed by atoms with Gasteiger partial charge in [-0.1, -0.05) is 11.6 Å². The van der Waals surface area contributed by atoms with Crippen LogP contribution in [0.25, 0.3) is 0 Å². The van der Waals surface area contributed by atoms with Crippen LogP contribution in [-0.2, 0) is 9.53 Å². The fourth-order valence-corrected chi connectivity index (χ4v) is 3.26. The Morgan fingerprint density at radius 1 is 1.10 bits per heavy atom. The molecular formula is C21H35ClIN5O2. The molecule has 170 valence electrons. The average molecular weight is 552 g/mol. The Balaban J connectivity index is 0.00000450. The second-order valence-corrected chi connectivity index (χ2v) is 7.31. The smallest absolute Gasteiger partial charge is 0.244 e. The van der Waals surface area contributed by atoms with Crippen molar-refractivity contribution in [2.75, 3.05) is 63.9 Å². The molecule has 1 saturated heterocycles. The van der Waals surface area contributed by atoms with Crippen LogP contribution in [0.3, 0.4) is 0 Å². The monoisotopic (exact) mass is 551 g/mol. The van der Waals surface area contributed by atoms with E-state index in [-0.39, 0.29) is 36.4 Å². The van der Waals surface area contributed by atoms with Crippen LogP contribution in [0.1, 0.15) is 26.7 Å². The highest BCUT2D eigenvalue weighted by Crippen LogP contribution is 2.19. The molecule has 1 aliphatic heterocycles. The van der Waals surface area contributed by atoms with E-state index >= 15 is 0 Å². The second kappa shape index (κ2) is 15.5. The molecule has 7 nitrogen and oxygen atoms in total. The van der Waals surface area contributed by atoms with E-state index in [0.717, 1.165) is 62.9 Å². The number of hydrogen-bond acceptors (Lipinski definition) is 4. The lowest BCUT2D eigenvalue weighted by Gasteiger charge is -2.36. The highest BCUT2D eigenvalue weighted by molar-refractivity contribution is 14.0. The van der Waals surface area contributed by atoms with Gasteiger partial charge in [-0.05, 0) is 51.0 Å². The van der Waals surface area contributed by atoms with Crippen molar-refractivity contribution in [3.05, 3.63) is 29.3 Å². The van der Waals surface area contributed by atoms with Crippen LogP contribution < -0.4 is 15.5 Å². The number of hydrogen-bond donors (Lipinski definition) is 2. The van der Waals surface area contributed by atoms with Crippen LogP contribution in [-0.4, -0.2) is 75.8 Å². The molecule has 0 radical (unpaired) electrons. The van der Waals surface area contributed by atoms with E-state index in [1.165, 1.54) is 0 Å². The molecule has 1 amide bonds. The van der Waals surface area contributed by atoms with Gasteiger partial charge in [-0.2, -0.15) is 0 Å². The number of carbonyl (C=O) groups excluding carboxylic acids is 1. The van der Waals surface area contributed by atoms with Gasteiger partial charge >= 0.3 is 0 Å². The zero-order chi connectivity index (χ0) is 20.9. The van der Waals surface area contributed by atoms with Crippen LogP contribution in [0.5, 0.6) is 0 Å². The maximum Gasteiger partial charge on any atom is 0.244 e. The van der Waals surface area contributed by atoms with Crippen LogP contribution in [0.15, 0.2) is 29.3 Å². The molecule has 2 N–H and O–H groups in total. The minimum Gasteiger partial charge on any atom is -0.382 e. The number of guanidine groups is 1. The first-order valence-corrected chi connectivity index (χ1v) is 10.9. The Kier molecular flexibility index (Phi) is 13.9. The van der Waals surface area contributed by atoms with Crippen molar-refractivity contribution in [3.8, 4) is 0 Å². The molecule has 1 aliphatic rings. The minimum atomic E-state index is 0. The fraction of sp³-hybridized carbons (Fsp3) is 0.619. The number of halogens is 2. The SMILES string of the molecule is CCNC(=NCC(=O)N1CCN(c2ccc(Cl)cc2)CC1)NCCCCOCC.I. The summed E-state index contributed by atoms with van der Waals surface area (Å²) < 4.78 is 5.34. The second-order valence-electron chi connectivity index (χ2n) is 6.87. The third-order valence-electron chi connectivity index (χ3n) is 4.75. The topological polar surface area (TPSA) is 69.2 Å². The Labute approximate surface area is 202 Å². The molecule has 0 aromatic heterocycles. The minimum absolute atomic E-state index is 0. The summed E-state index contributed by atoms with van der Waals surface area (Å²) in [5, 5.41) is 7.21. The van der Waals surface area contributed by atoms with E-state index in [1.54, 1.807) is 0 Å². The van der Waals surface area contributed by atoms with Crippen molar-refractivity contribution in [2.45, 2.75) is 26.7 Å². The molecule has 2 rings (SSSR count).